The van der Waals surface area contributed by atoms with E-state index in [0.29, 0.717) is 5.82 Å². The van der Waals surface area contributed by atoms with Crippen LogP contribution in [0, 0.1) is 19.8 Å². The molecule has 1 atom stereocenters. The number of carboxylic acid groups (broad SMARTS) is 1. The van der Waals surface area contributed by atoms with Crippen molar-refractivity contribution in [2.75, 3.05) is 11.4 Å². The summed E-state index contributed by atoms with van der Waals surface area (Å²) in [6.07, 6.45) is 1.74. The third-order valence-electron chi connectivity index (χ3n) is 2.92. The van der Waals surface area contributed by atoms with E-state index in [1.54, 1.807) is 6.20 Å². The van der Waals surface area contributed by atoms with E-state index in [-0.39, 0.29) is 18.9 Å². The highest BCUT2D eigenvalue weighted by Crippen LogP contribution is 2.26. The van der Waals surface area contributed by atoms with Crippen LogP contribution in [-0.2, 0) is 9.59 Å². The molecule has 1 aliphatic rings. The van der Waals surface area contributed by atoms with Crippen LogP contribution in [-0.4, -0.2) is 28.5 Å². The Hall–Kier alpha value is -1.91. The molecule has 0 spiro atoms. The molecular weight excluding hydrogens is 220 g/mol. The second kappa shape index (κ2) is 4.16. The Labute approximate surface area is 99.1 Å². The van der Waals surface area contributed by atoms with E-state index >= 15 is 0 Å². The van der Waals surface area contributed by atoms with Crippen molar-refractivity contribution in [3.63, 3.8) is 0 Å². The molecule has 1 amide bonds. The number of carbonyl (C=O) groups excluding carboxylic acids is 1. The van der Waals surface area contributed by atoms with Crippen LogP contribution in [0.5, 0.6) is 0 Å². The Kier molecular flexibility index (Phi) is 2.83. The molecule has 0 bridgehead atoms. The lowest BCUT2D eigenvalue weighted by atomic mass is 10.1. The van der Waals surface area contributed by atoms with Crippen molar-refractivity contribution in [2.24, 2.45) is 5.92 Å². The average molecular weight is 234 g/mol. The van der Waals surface area contributed by atoms with Gasteiger partial charge < -0.3 is 5.11 Å². The van der Waals surface area contributed by atoms with Crippen LogP contribution in [0.4, 0.5) is 5.82 Å². The summed E-state index contributed by atoms with van der Waals surface area (Å²) in [5.74, 6) is -1.14. The van der Waals surface area contributed by atoms with Gasteiger partial charge in [-0.05, 0) is 25.0 Å². The largest absolute Gasteiger partial charge is 0.481 e. The number of hydrogen-bond acceptors (Lipinski definition) is 3. The van der Waals surface area contributed by atoms with Crippen LogP contribution in [0.3, 0.4) is 0 Å². The quantitative estimate of drug-likeness (QED) is 0.832. The molecule has 1 aromatic rings. The molecule has 0 saturated carbocycles. The molecular formula is C12H14N2O3. The fraction of sp³-hybridized carbons (Fsp3) is 0.417. The van der Waals surface area contributed by atoms with Crippen molar-refractivity contribution in [1.29, 1.82) is 0 Å². The highest BCUT2D eigenvalue weighted by molar-refractivity contribution is 5.98. The van der Waals surface area contributed by atoms with Crippen LogP contribution >= 0.6 is 0 Å². The van der Waals surface area contributed by atoms with Gasteiger partial charge in [-0.1, -0.05) is 6.07 Å². The third-order valence-corrected chi connectivity index (χ3v) is 2.92. The van der Waals surface area contributed by atoms with Crippen LogP contribution < -0.4 is 4.90 Å². The summed E-state index contributed by atoms with van der Waals surface area (Å²) >= 11 is 0. The van der Waals surface area contributed by atoms with Crippen LogP contribution in [0.25, 0.3) is 0 Å². The Balaban J connectivity index is 2.29. The van der Waals surface area contributed by atoms with Crippen molar-refractivity contribution in [3.8, 4) is 0 Å². The summed E-state index contributed by atoms with van der Waals surface area (Å²) in [7, 11) is 0. The minimum atomic E-state index is -0.925. The number of carbonyl (C=O) groups is 2. The van der Waals surface area contributed by atoms with E-state index in [4.69, 9.17) is 5.11 Å². The lowest BCUT2D eigenvalue weighted by molar-refractivity contribution is -0.141. The molecule has 90 valence electrons. The Morgan fingerprint density at radius 3 is 2.76 bits per heavy atom. The topological polar surface area (TPSA) is 70.5 Å². The lowest BCUT2D eigenvalue weighted by Crippen LogP contribution is -2.27. The third kappa shape index (κ3) is 2.13. The van der Waals surface area contributed by atoms with Crippen LogP contribution in [0.15, 0.2) is 12.3 Å². The first-order valence-electron chi connectivity index (χ1n) is 5.45. The number of amides is 1. The molecule has 0 aromatic carbocycles. The zero-order chi connectivity index (χ0) is 12.6. The first-order chi connectivity index (χ1) is 7.99. The molecule has 1 N–H and O–H groups in total. The fourth-order valence-electron chi connectivity index (χ4n) is 2.07. The molecule has 2 heterocycles. The fourth-order valence-corrected chi connectivity index (χ4v) is 2.07. The second-order valence-corrected chi connectivity index (χ2v) is 4.40. The summed E-state index contributed by atoms with van der Waals surface area (Å²) < 4.78 is 0. The van der Waals surface area contributed by atoms with Gasteiger partial charge in [-0.2, -0.15) is 0 Å². The SMILES string of the molecule is Cc1cnc(N2CC(C(=O)O)CC2=O)c(C)c1. The number of carboxylic acids is 1. The summed E-state index contributed by atoms with van der Waals surface area (Å²) in [4.78, 5) is 28.3. The highest BCUT2D eigenvalue weighted by Gasteiger charge is 2.36. The Morgan fingerprint density at radius 1 is 1.53 bits per heavy atom. The Bertz CT molecular complexity index is 485. The number of anilines is 1. The number of rotatable bonds is 2. The van der Waals surface area contributed by atoms with Crippen LogP contribution in [0.1, 0.15) is 17.5 Å². The van der Waals surface area contributed by atoms with Gasteiger partial charge >= 0.3 is 5.97 Å². The predicted molar refractivity (Wildman–Crippen MR) is 61.8 cm³/mol. The van der Waals surface area contributed by atoms with Gasteiger partial charge in [0.05, 0.1) is 5.92 Å². The number of nitrogens with zero attached hydrogens (tertiary/aromatic N) is 2. The van der Waals surface area contributed by atoms with Crippen LogP contribution in [0.2, 0.25) is 0 Å². The lowest BCUT2D eigenvalue weighted by Gasteiger charge is -2.17. The van der Waals surface area contributed by atoms with Gasteiger partial charge in [-0.3, -0.25) is 14.5 Å². The molecule has 17 heavy (non-hydrogen) atoms. The molecule has 1 aromatic heterocycles. The zero-order valence-electron chi connectivity index (χ0n) is 9.80. The predicted octanol–water partition coefficient (Wildman–Crippen LogP) is 1.14. The van der Waals surface area contributed by atoms with Gasteiger partial charge in [0.15, 0.2) is 0 Å². The maximum absolute atomic E-state index is 11.7. The van der Waals surface area contributed by atoms with Crippen molar-refractivity contribution in [1.82, 2.24) is 4.98 Å². The number of hydrogen-bond donors (Lipinski definition) is 1. The smallest absolute Gasteiger partial charge is 0.308 e. The molecule has 2 rings (SSSR count). The van der Waals surface area contributed by atoms with Crippen molar-refractivity contribution >= 4 is 17.7 Å². The van der Waals surface area contributed by atoms with Gasteiger partial charge in [0.1, 0.15) is 5.82 Å². The molecule has 1 aliphatic heterocycles. The van der Waals surface area contributed by atoms with Gasteiger partial charge in [0, 0.05) is 19.2 Å². The molecule has 0 aliphatic carbocycles. The first kappa shape index (κ1) is 11.6. The number of aliphatic carboxylic acids is 1. The first-order valence-corrected chi connectivity index (χ1v) is 5.45. The van der Waals surface area contributed by atoms with E-state index in [2.05, 4.69) is 4.98 Å². The number of pyridine rings is 1. The standard InChI is InChI=1S/C12H14N2O3/c1-7-3-8(2)11(13-5-7)14-6-9(12(16)17)4-10(14)15/h3,5,9H,4,6H2,1-2H3,(H,16,17). The normalized spacial score (nSPS) is 19.8. The molecule has 5 heteroatoms. The van der Waals surface area contributed by atoms with E-state index in [1.165, 1.54) is 4.90 Å². The molecule has 0 radical (unpaired) electrons. The number of aromatic nitrogens is 1. The van der Waals surface area contributed by atoms with E-state index in [9.17, 15) is 9.59 Å². The maximum Gasteiger partial charge on any atom is 0.308 e. The van der Waals surface area contributed by atoms with E-state index in [1.807, 2.05) is 19.9 Å². The van der Waals surface area contributed by atoms with Gasteiger partial charge in [0.2, 0.25) is 5.91 Å². The second-order valence-electron chi connectivity index (χ2n) is 4.40. The summed E-state index contributed by atoms with van der Waals surface area (Å²) in [6.45, 7) is 4.01. The number of aryl methyl sites for hydroxylation is 2. The minimum Gasteiger partial charge on any atom is -0.481 e. The molecule has 1 unspecified atom stereocenters. The van der Waals surface area contributed by atoms with Crippen molar-refractivity contribution in [3.05, 3.63) is 23.4 Å². The van der Waals surface area contributed by atoms with Gasteiger partial charge in [-0.25, -0.2) is 4.98 Å². The molecule has 1 fully saturated rings. The monoisotopic (exact) mass is 234 g/mol. The zero-order valence-corrected chi connectivity index (χ0v) is 9.80. The van der Waals surface area contributed by atoms with Gasteiger partial charge in [0.25, 0.3) is 0 Å². The highest BCUT2D eigenvalue weighted by atomic mass is 16.4. The minimum absolute atomic E-state index is 0.0599. The van der Waals surface area contributed by atoms with E-state index < -0.39 is 11.9 Å². The summed E-state index contributed by atoms with van der Waals surface area (Å²) in [5.41, 5.74) is 1.91. The molecule has 1 saturated heterocycles. The average Bonchev–Trinajstić information content (AvgIpc) is 2.61. The van der Waals surface area contributed by atoms with Crippen molar-refractivity contribution < 1.29 is 14.7 Å². The maximum atomic E-state index is 11.7. The van der Waals surface area contributed by atoms with Gasteiger partial charge in [-0.15, -0.1) is 0 Å². The van der Waals surface area contributed by atoms with Crippen molar-refractivity contribution in [2.45, 2.75) is 20.3 Å². The van der Waals surface area contributed by atoms with E-state index in [0.717, 1.165) is 11.1 Å². The molecule has 5 nitrogen and oxygen atoms in total. The summed E-state index contributed by atoms with van der Waals surface area (Å²) in [6, 6.07) is 1.93. The Morgan fingerprint density at radius 2 is 2.24 bits per heavy atom. The summed E-state index contributed by atoms with van der Waals surface area (Å²) in [5, 5.41) is 8.91.